The molecule has 0 saturated carbocycles. The van der Waals surface area contributed by atoms with E-state index in [1.165, 1.54) is 14.2 Å². The number of ether oxygens (including phenoxy) is 5. The van der Waals surface area contributed by atoms with Gasteiger partial charge in [0, 0.05) is 6.20 Å². The monoisotopic (exact) mass is 561 g/mol. The van der Waals surface area contributed by atoms with E-state index in [9.17, 15) is 8.42 Å². The average Bonchev–Trinajstić information content (AvgIpc) is 3.33. The Morgan fingerprint density at radius 2 is 1.77 bits per heavy atom. The van der Waals surface area contributed by atoms with Crippen molar-refractivity contribution in [3.05, 3.63) is 53.6 Å². The molecular formula is C26H35N5O7S. The molecule has 12 nitrogen and oxygen atoms in total. The molecule has 3 atom stereocenters. The van der Waals surface area contributed by atoms with Crippen LogP contribution in [0.2, 0.25) is 0 Å². The Bertz CT molecular complexity index is 1330. The van der Waals surface area contributed by atoms with Crippen molar-refractivity contribution >= 4 is 9.84 Å². The predicted molar refractivity (Wildman–Crippen MR) is 142 cm³/mol. The largest absolute Gasteiger partial charge is 0.494 e. The fourth-order valence-electron chi connectivity index (χ4n) is 4.33. The normalized spacial score (nSPS) is 17.7. The van der Waals surface area contributed by atoms with Crippen molar-refractivity contribution < 1.29 is 32.1 Å². The maximum Gasteiger partial charge on any atom is 0.169 e. The van der Waals surface area contributed by atoms with Crippen LogP contribution in [0.1, 0.15) is 56.0 Å². The first kappa shape index (κ1) is 28.9. The lowest BCUT2D eigenvalue weighted by atomic mass is 10.2. The molecular weight excluding hydrogens is 526 g/mol. The van der Waals surface area contributed by atoms with Crippen LogP contribution in [0, 0.1) is 6.92 Å². The second-order valence-electron chi connectivity index (χ2n) is 9.46. The first-order chi connectivity index (χ1) is 18.7. The summed E-state index contributed by atoms with van der Waals surface area (Å²) in [7, 11) is -0.823. The Labute approximate surface area is 228 Å². The number of aryl methyl sites for hydroxylation is 1. The molecule has 0 N–H and O–H groups in total. The van der Waals surface area contributed by atoms with E-state index in [1.54, 1.807) is 42.1 Å². The number of para-hydroxylation sites is 1. The maximum absolute atomic E-state index is 13.9. The molecule has 0 bridgehead atoms. The third kappa shape index (κ3) is 6.38. The molecule has 0 unspecified atom stereocenters. The number of hydrogen-bond acceptors (Lipinski definition) is 11. The highest BCUT2D eigenvalue weighted by Gasteiger charge is 2.36. The fraction of sp³-hybridized carbons (Fsp3) is 0.538. The van der Waals surface area contributed by atoms with E-state index >= 15 is 0 Å². The molecule has 13 heteroatoms. The molecule has 3 heterocycles. The highest BCUT2D eigenvalue weighted by Crippen LogP contribution is 2.37. The molecule has 1 aromatic carbocycles. The van der Waals surface area contributed by atoms with Gasteiger partial charge in [-0.2, -0.15) is 0 Å². The quantitative estimate of drug-likeness (QED) is 0.342. The fourth-order valence-corrected chi connectivity index (χ4v) is 5.72. The van der Waals surface area contributed by atoms with Crippen LogP contribution in [0.15, 0.2) is 30.6 Å². The minimum Gasteiger partial charge on any atom is -0.494 e. The van der Waals surface area contributed by atoms with Gasteiger partial charge in [-0.25, -0.2) is 8.42 Å². The summed E-state index contributed by atoms with van der Waals surface area (Å²) < 4.78 is 58.2. The van der Waals surface area contributed by atoms with Crippen LogP contribution in [-0.4, -0.2) is 78.5 Å². The molecule has 0 spiro atoms. The number of rotatable bonds is 11. The minimum absolute atomic E-state index is 0.173. The van der Waals surface area contributed by atoms with E-state index in [0.29, 0.717) is 41.9 Å². The van der Waals surface area contributed by atoms with Crippen molar-refractivity contribution in [1.82, 2.24) is 24.7 Å². The molecule has 212 valence electrons. The van der Waals surface area contributed by atoms with Gasteiger partial charge < -0.3 is 23.7 Å². The smallest absolute Gasteiger partial charge is 0.169 e. The highest BCUT2D eigenvalue weighted by molar-refractivity contribution is 7.91. The van der Waals surface area contributed by atoms with Gasteiger partial charge in [0.05, 0.1) is 63.0 Å². The molecule has 0 aliphatic carbocycles. The molecule has 39 heavy (non-hydrogen) atoms. The minimum atomic E-state index is -3.87. The van der Waals surface area contributed by atoms with Gasteiger partial charge in [0.15, 0.2) is 21.5 Å². The Kier molecular flexibility index (Phi) is 9.15. The van der Waals surface area contributed by atoms with Crippen molar-refractivity contribution in [3.8, 4) is 17.2 Å². The number of nitrogens with zero attached hydrogens (tertiary/aromatic N) is 5. The molecule has 1 saturated heterocycles. The molecule has 1 aliphatic heterocycles. The van der Waals surface area contributed by atoms with Crippen LogP contribution >= 0.6 is 0 Å². The summed E-state index contributed by atoms with van der Waals surface area (Å²) in [5, 5.41) is 7.69. The lowest BCUT2D eigenvalue weighted by Gasteiger charge is -2.26. The number of methoxy groups -OCH3 is 2. The zero-order chi connectivity index (χ0) is 28.2. The van der Waals surface area contributed by atoms with Gasteiger partial charge in [-0.05, 0) is 39.8 Å². The summed E-state index contributed by atoms with van der Waals surface area (Å²) in [5.41, 5.74) is 1.62. The lowest BCUT2D eigenvalue weighted by Crippen LogP contribution is -2.32. The molecule has 2 aromatic heterocycles. The number of aromatic nitrogens is 5. The Morgan fingerprint density at radius 3 is 2.33 bits per heavy atom. The van der Waals surface area contributed by atoms with Gasteiger partial charge in [-0.15, -0.1) is 10.2 Å². The summed E-state index contributed by atoms with van der Waals surface area (Å²) >= 11 is 0. The summed E-state index contributed by atoms with van der Waals surface area (Å²) in [4.78, 5) is 8.69. The Hall–Kier alpha value is -3.13. The second-order valence-corrected chi connectivity index (χ2v) is 11.8. The van der Waals surface area contributed by atoms with E-state index in [1.807, 2.05) is 20.8 Å². The standard InChI is InChI=1S/C26H35N5O7S/c1-16(2)38-25(19-13-27-17(3)12-28-19)18(4)39(32,33)15-23-29-30-26(22-14-36-10-11-37-22)31(23)24-20(34-5)8-7-9-21(24)35-6/h7-9,12-13,16,18,22,25H,10-11,14-15H2,1-6H3/t18-,22+,25+/m0/s1. The SMILES string of the molecule is COc1cccc(OC)c1-n1c(CS(=O)(=O)[C@@H](C)[C@@H](OC(C)C)c2cnc(C)cn2)nnc1[C@H]1COCCO1. The zero-order valence-corrected chi connectivity index (χ0v) is 23.8. The topological polar surface area (TPSA) is 137 Å². The van der Waals surface area contributed by atoms with Gasteiger partial charge in [0.2, 0.25) is 0 Å². The summed E-state index contributed by atoms with van der Waals surface area (Å²) in [6, 6.07) is 5.28. The molecule has 3 aromatic rings. The lowest BCUT2D eigenvalue weighted by molar-refractivity contribution is -0.0942. The van der Waals surface area contributed by atoms with E-state index in [4.69, 9.17) is 23.7 Å². The van der Waals surface area contributed by atoms with Crippen molar-refractivity contribution in [1.29, 1.82) is 0 Å². The molecule has 4 rings (SSSR count). The first-order valence-electron chi connectivity index (χ1n) is 12.7. The van der Waals surface area contributed by atoms with Gasteiger partial charge in [-0.1, -0.05) is 6.07 Å². The number of sulfone groups is 1. The predicted octanol–water partition coefficient (Wildman–Crippen LogP) is 2.94. The Balaban J connectivity index is 1.79. The van der Waals surface area contributed by atoms with Crippen molar-refractivity contribution in [3.63, 3.8) is 0 Å². The molecule has 0 amide bonds. The summed E-state index contributed by atoms with van der Waals surface area (Å²) in [5.74, 6) is 1.03. The number of hydrogen-bond donors (Lipinski definition) is 0. The van der Waals surface area contributed by atoms with E-state index in [-0.39, 0.29) is 18.5 Å². The molecule has 1 aliphatic rings. The van der Waals surface area contributed by atoms with Crippen molar-refractivity contribution in [2.24, 2.45) is 0 Å². The van der Waals surface area contributed by atoms with Crippen LogP contribution < -0.4 is 9.47 Å². The van der Waals surface area contributed by atoms with Gasteiger partial charge >= 0.3 is 0 Å². The highest BCUT2D eigenvalue weighted by atomic mass is 32.2. The van der Waals surface area contributed by atoms with Gasteiger partial charge in [0.25, 0.3) is 0 Å². The average molecular weight is 562 g/mol. The third-order valence-corrected chi connectivity index (χ3v) is 8.36. The van der Waals surface area contributed by atoms with E-state index in [0.717, 1.165) is 5.69 Å². The molecule has 1 fully saturated rings. The van der Waals surface area contributed by atoms with E-state index in [2.05, 4.69) is 20.2 Å². The Morgan fingerprint density at radius 1 is 1.05 bits per heavy atom. The second kappa shape index (κ2) is 12.4. The first-order valence-corrected chi connectivity index (χ1v) is 14.4. The molecule has 0 radical (unpaired) electrons. The van der Waals surface area contributed by atoms with Crippen LogP contribution in [0.25, 0.3) is 5.69 Å². The summed E-state index contributed by atoms with van der Waals surface area (Å²) in [6.45, 7) is 8.18. The van der Waals surface area contributed by atoms with Crippen LogP contribution in [-0.2, 0) is 29.8 Å². The maximum atomic E-state index is 13.9. The van der Waals surface area contributed by atoms with Gasteiger partial charge in [0.1, 0.15) is 35.1 Å². The van der Waals surface area contributed by atoms with E-state index < -0.39 is 33.0 Å². The van der Waals surface area contributed by atoms with Gasteiger partial charge in [-0.3, -0.25) is 14.5 Å². The summed E-state index contributed by atoms with van der Waals surface area (Å²) in [6.07, 6.45) is 1.50. The zero-order valence-electron chi connectivity index (χ0n) is 23.0. The van der Waals surface area contributed by atoms with Crippen LogP contribution in [0.5, 0.6) is 11.5 Å². The van der Waals surface area contributed by atoms with Crippen LogP contribution in [0.3, 0.4) is 0 Å². The van der Waals surface area contributed by atoms with Crippen molar-refractivity contribution in [2.75, 3.05) is 34.0 Å². The third-order valence-electron chi connectivity index (χ3n) is 6.32. The van der Waals surface area contributed by atoms with Crippen molar-refractivity contribution in [2.45, 2.75) is 57.0 Å². The number of benzene rings is 1. The van der Waals surface area contributed by atoms with Crippen LogP contribution in [0.4, 0.5) is 0 Å².